The highest BCUT2D eigenvalue weighted by Gasteiger charge is 2.24. The monoisotopic (exact) mass is 342 g/mol. The molecule has 6 heteroatoms. The van der Waals surface area contributed by atoms with Crippen molar-refractivity contribution in [2.45, 2.75) is 45.6 Å². The van der Waals surface area contributed by atoms with Crippen LogP contribution in [-0.2, 0) is 16.8 Å². The van der Waals surface area contributed by atoms with Crippen LogP contribution < -0.4 is 5.73 Å². The van der Waals surface area contributed by atoms with Gasteiger partial charge < -0.3 is 10.3 Å². The molecule has 1 aliphatic rings. The third-order valence-corrected chi connectivity index (χ3v) is 4.83. The Morgan fingerprint density at radius 3 is 2.44 bits per heavy atom. The smallest absolute Gasteiger partial charge is 0.241 e. The second kappa shape index (κ2) is 6.96. The van der Waals surface area contributed by atoms with Crippen LogP contribution >= 0.6 is 0 Å². The number of aromatic nitrogens is 2. The highest BCUT2D eigenvalue weighted by atomic mass is 16.5. The molecular formula is C19H26N4O2. The average molecular weight is 342 g/mol. The molecule has 1 aliphatic heterocycles. The van der Waals surface area contributed by atoms with Gasteiger partial charge in [-0.15, -0.1) is 0 Å². The van der Waals surface area contributed by atoms with E-state index in [-0.39, 0.29) is 17.2 Å². The Morgan fingerprint density at radius 2 is 1.88 bits per heavy atom. The van der Waals surface area contributed by atoms with Gasteiger partial charge in [0.05, 0.1) is 6.54 Å². The molecule has 1 fully saturated rings. The SMILES string of the molecule is CC(C)(C)c1ccc(-c2noc(CN3CCC(C(N)=O)CC3)n2)cc1. The Hall–Kier alpha value is -2.21. The average Bonchev–Trinajstić information content (AvgIpc) is 3.03. The summed E-state index contributed by atoms with van der Waals surface area (Å²) in [5, 5.41) is 4.10. The largest absolute Gasteiger partial charge is 0.369 e. The van der Waals surface area contributed by atoms with Gasteiger partial charge in [0.15, 0.2) is 0 Å². The number of nitrogens with zero attached hydrogens (tertiary/aromatic N) is 3. The molecule has 0 unspecified atom stereocenters. The molecule has 3 rings (SSSR count). The molecule has 0 spiro atoms. The quantitative estimate of drug-likeness (QED) is 0.923. The number of primary amides is 1. The Labute approximate surface area is 148 Å². The van der Waals surface area contributed by atoms with Gasteiger partial charge in [0.1, 0.15) is 0 Å². The van der Waals surface area contributed by atoms with Crippen LogP contribution in [0.4, 0.5) is 0 Å². The molecule has 6 nitrogen and oxygen atoms in total. The molecule has 1 aromatic heterocycles. The van der Waals surface area contributed by atoms with Crippen molar-refractivity contribution in [3.05, 3.63) is 35.7 Å². The first-order valence-electron chi connectivity index (χ1n) is 8.78. The molecule has 0 aliphatic carbocycles. The molecule has 25 heavy (non-hydrogen) atoms. The van der Waals surface area contributed by atoms with Crippen LogP contribution in [0.3, 0.4) is 0 Å². The first kappa shape index (κ1) is 17.6. The first-order valence-corrected chi connectivity index (χ1v) is 8.78. The summed E-state index contributed by atoms with van der Waals surface area (Å²) in [6, 6.07) is 8.29. The van der Waals surface area contributed by atoms with Crippen molar-refractivity contribution < 1.29 is 9.32 Å². The van der Waals surface area contributed by atoms with Crippen molar-refractivity contribution in [1.82, 2.24) is 15.0 Å². The molecular weight excluding hydrogens is 316 g/mol. The standard InChI is InChI=1S/C19H26N4O2/c1-19(2,3)15-6-4-14(5-7-15)18-21-16(25-22-18)12-23-10-8-13(9-11-23)17(20)24/h4-7,13H,8-12H2,1-3H3,(H2,20,24). The van der Waals surface area contributed by atoms with Gasteiger partial charge >= 0.3 is 0 Å². The number of hydrogen-bond donors (Lipinski definition) is 1. The fourth-order valence-electron chi connectivity index (χ4n) is 3.12. The number of amides is 1. The number of benzene rings is 1. The van der Waals surface area contributed by atoms with Crippen LogP contribution in [0, 0.1) is 5.92 Å². The Kier molecular flexibility index (Phi) is 4.90. The fraction of sp³-hybridized carbons (Fsp3) is 0.526. The van der Waals surface area contributed by atoms with E-state index < -0.39 is 0 Å². The number of carbonyl (C=O) groups is 1. The third kappa shape index (κ3) is 4.25. The summed E-state index contributed by atoms with van der Waals surface area (Å²) >= 11 is 0. The Morgan fingerprint density at radius 1 is 1.24 bits per heavy atom. The van der Waals surface area contributed by atoms with E-state index in [0.29, 0.717) is 18.3 Å². The zero-order valence-electron chi connectivity index (χ0n) is 15.2. The predicted molar refractivity (Wildman–Crippen MR) is 95.6 cm³/mol. The molecule has 2 heterocycles. The molecule has 0 bridgehead atoms. The fourth-order valence-corrected chi connectivity index (χ4v) is 3.12. The molecule has 0 atom stereocenters. The summed E-state index contributed by atoms with van der Waals surface area (Å²) in [4.78, 5) is 18.0. The lowest BCUT2D eigenvalue weighted by Gasteiger charge is -2.29. The summed E-state index contributed by atoms with van der Waals surface area (Å²) in [5.74, 6) is 1.02. The number of piperidine rings is 1. The van der Waals surface area contributed by atoms with Gasteiger partial charge in [-0.3, -0.25) is 9.69 Å². The molecule has 0 saturated carbocycles. The maximum absolute atomic E-state index is 11.2. The van der Waals surface area contributed by atoms with Crippen molar-refractivity contribution in [1.29, 1.82) is 0 Å². The minimum atomic E-state index is -0.196. The minimum absolute atomic E-state index is 0.00386. The zero-order chi connectivity index (χ0) is 18.0. The summed E-state index contributed by atoms with van der Waals surface area (Å²) < 4.78 is 5.40. The van der Waals surface area contributed by atoms with Crippen LogP contribution in [0.1, 0.15) is 45.1 Å². The van der Waals surface area contributed by atoms with Crippen LogP contribution in [0.2, 0.25) is 0 Å². The van der Waals surface area contributed by atoms with E-state index in [1.165, 1.54) is 5.56 Å². The van der Waals surface area contributed by atoms with Crippen LogP contribution in [0.25, 0.3) is 11.4 Å². The molecule has 0 radical (unpaired) electrons. The van der Waals surface area contributed by atoms with Gasteiger partial charge in [-0.25, -0.2) is 0 Å². The normalized spacial score (nSPS) is 16.9. The lowest BCUT2D eigenvalue weighted by Crippen LogP contribution is -2.38. The third-order valence-electron chi connectivity index (χ3n) is 4.83. The maximum atomic E-state index is 11.2. The second-order valence-corrected chi connectivity index (χ2v) is 7.79. The van der Waals surface area contributed by atoms with Crippen molar-refractivity contribution in [2.75, 3.05) is 13.1 Å². The summed E-state index contributed by atoms with van der Waals surface area (Å²) in [6.45, 7) is 8.83. The van der Waals surface area contributed by atoms with E-state index in [0.717, 1.165) is 31.5 Å². The van der Waals surface area contributed by atoms with Crippen molar-refractivity contribution >= 4 is 5.91 Å². The molecule has 2 N–H and O–H groups in total. The predicted octanol–water partition coefficient (Wildman–Crippen LogP) is 2.73. The minimum Gasteiger partial charge on any atom is -0.369 e. The van der Waals surface area contributed by atoms with Crippen molar-refractivity contribution in [2.24, 2.45) is 11.7 Å². The zero-order valence-corrected chi connectivity index (χ0v) is 15.2. The van der Waals surface area contributed by atoms with Crippen LogP contribution in [-0.4, -0.2) is 34.0 Å². The molecule has 1 saturated heterocycles. The highest BCUT2D eigenvalue weighted by molar-refractivity contribution is 5.76. The second-order valence-electron chi connectivity index (χ2n) is 7.79. The van der Waals surface area contributed by atoms with Gasteiger partial charge in [-0.2, -0.15) is 4.98 Å². The number of hydrogen-bond acceptors (Lipinski definition) is 5. The Bertz CT molecular complexity index is 723. The molecule has 1 amide bonds. The van der Waals surface area contributed by atoms with Crippen LogP contribution in [0.5, 0.6) is 0 Å². The van der Waals surface area contributed by atoms with Gasteiger partial charge in [-0.05, 0) is 36.9 Å². The van der Waals surface area contributed by atoms with Gasteiger partial charge in [0.2, 0.25) is 17.6 Å². The maximum Gasteiger partial charge on any atom is 0.241 e. The molecule has 134 valence electrons. The van der Waals surface area contributed by atoms with Crippen molar-refractivity contribution in [3.63, 3.8) is 0 Å². The topological polar surface area (TPSA) is 85.3 Å². The number of rotatable bonds is 4. The lowest BCUT2D eigenvalue weighted by molar-refractivity contribution is -0.123. The lowest BCUT2D eigenvalue weighted by atomic mass is 9.87. The first-order chi connectivity index (χ1) is 11.8. The van der Waals surface area contributed by atoms with E-state index in [1.54, 1.807) is 0 Å². The molecule has 1 aromatic carbocycles. The van der Waals surface area contributed by atoms with Gasteiger partial charge in [0.25, 0.3) is 0 Å². The van der Waals surface area contributed by atoms with Gasteiger partial charge in [0, 0.05) is 11.5 Å². The van der Waals surface area contributed by atoms with E-state index in [1.807, 2.05) is 12.1 Å². The van der Waals surface area contributed by atoms with E-state index in [9.17, 15) is 4.79 Å². The summed E-state index contributed by atoms with van der Waals surface area (Å²) in [7, 11) is 0. The number of likely N-dealkylation sites (tertiary alicyclic amines) is 1. The number of carbonyl (C=O) groups excluding carboxylic acids is 1. The summed E-state index contributed by atoms with van der Waals surface area (Å²) in [6.07, 6.45) is 1.59. The van der Waals surface area contributed by atoms with Crippen LogP contribution in [0.15, 0.2) is 28.8 Å². The number of nitrogens with two attached hydrogens (primary N) is 1. The Balaban J connectivity index is 1.62. The summed E-state index contributed by atoms with van der Waals surface area (Å²) in [5.41, 5.74) is 7.72. The molecule has 2 aromatic rings. The van der Waals surface area contributed by atoms with E-state index in [2.05, 4.69) is 47.9 Å². The van der Waals surface area contributed by atoms with E-state index in [4.69, 9.17) is 10.3 Å². The highest BCUT2D eigenvalue weighted by Crippen LogP contribution is 2.25. The van der Waals surface area contributed by atoms with E-state index >= 15 is 0 Å². The van der Waals surface area contributed by atoms with Crippen molar-refractivity contribution in [3.8, 4) is 11.4 Å². The van der Waals surface area contributed by atoms with Gasteiger partial charge in [-0.1, -0.05) is 50.2 Å².